The molecule has 0 amide bonds. The monoisotopic (exact) mass is 425 g/mol. The second-order valence-electron chi connectivity index (χ2n) is 6.42. The van der Waals surface area contributed by atoms with Gasteiger partial charge in [0.1, 0.15) is 6.04 Å². The van der Waals surface area contributed by atoms with Crippen molar-refractivity contribution >= 4 is 23.0 Å². The van der Waals surface area contributed by atoms with E-state index in [2.05, 4.69) is 0 Å². The molecule has 1 atom stereocenters. The van der Waals surface area contributed by atoms with Crippen LogP contribution in [0.5, 0.6) is 0 Å². The Kier molecular flexibility index (Phi) is 8.24. The largest absolute Gasteiger partial charge is 0.480 e. The molecule has 0 aliphatic rings. The Labute approximate surface area is 171 Å². The molecule has 0 aliphatic heterocycles. The highest BCUT2D eigenvalue weighted by Crippen LogP contribution is 2.17. The summed E-state index contributed by atoms with van der Waals surface area (Å²) < 4.78 is 0. The minimum Gasteiger partial charge on any atom is -0.480 e. The standard InChI is InChI=1S/C23H23NO2.BrH/c25-23(26)22(16-19-10-4-1-5-11-19)24(17-20-12-6-2-7-13-20)18-21-14-8-3-9-15-21;/h1-15,22H,16-18H2,(H,25,26);1H/t22-;/m0./s1. The number of carboxylic acids is 1. The highest BCUT2D eigenvalue weighted by Gasteiger charge is 2.26. The third-order valence-electron chi connectivity index (χ3n) is 4.45. The van der Waals surface area contributed by atoms with Crippen molar-refractivity contribution in [2.24, 2.45) is 0 Å². The lowest BCUT2D eigenvalue weighted by atomic mass is 10.0. The van der Waals surface area contributed by atoms with Crippen LogP contribution in [0.3, 0.4) is 0 Å². The second kappa shape index (κ2) is 10.7. The zero-order valence-corrected chi connectivity index (χ0v) is 16.8. The van der Waals surface area contributed by atoms with E-state index >= 15 is 0 Å². The Hall–Kier alpha value is -2.43. The van der Waals surface area contributed by atoms with Crippen molar-refractivity contribution in [1.29, 1.82) is 0 Å². The van der Waals surface area contributed by atoms with E-state index in [9.17, 15) is 9.90 Å². The fraction of sp³-hybridized carbons (Fsp3) is 0.174. The van der Waals surface area contributed by atoms with Gasteiger partial charge in [-0.05, 0) is 23.1 Å². The first-order valence-electron chi connectivity index (χ1n) is 8.81. The summed E-state index contributed by atoms with van der Waals surface area (Å²) in [6.07, 6.45) is 0.482. The molecule has 0 fully saturated rings. The van der Waals surface area contributed by atoms with Gasteiger partial charge in [-0.25, -0.2) is 0 Å². The summed E-state index contributed by atoms with van der Waals surface area (Å²) >= 11 is 0. The maximum absolute atomic E-state index is 12.1. The highest BCUT2D eigenvalue weighted by molar-refractivity contribution is 8.93. The molecule has 0 saturated carbocycles. The van der Waals surface area contributed by atoms with Crippen LogP contribution in [0.1, 0.15) is 16.7 Å². The number of rotatable bonds is 8. The Morgan fingerprint density at radius 1 is 0.704 bits per heavy atom. The van der Waals surface area contributed by atoms with Gasteiger partial charge in [0.2, 0.25) is 0 Å². The second-order valence-corrected chi connectivity index (χ2v) is 6.42. The van der Waals surface area contributed by atoms with Crippen LogP contribution < -0.4 is 0 Å². The number of carboxylic acid groups (broad SMARTS) is 1. The van der Waals surface area contributed by atoms with Gasteiger partial charge in [0.05, 0.1) is 0 Å². The summed E-state index contributed by atoms with van der Waals surface area (Å²) in [5.74, 6) is -0.791. The summed E-state index contributed by atoms with van der Waals surface area (Å²) in [6.45, 7) is 1.19. The maximum Gasteiger partial charge on any atom is 0.321 e. The molecule has 0 radical (unpaired) electrons. The van der Waals surface area contributed by atoms with Gasteiger partial charge in [-0.3, -0.25) is 9.69 Å². The SMILES string of the molecule is Br.O=C(O)[C@H](Cc1ccccc1)N(Cc1ccccc1)Cc1ccccc1. The average molecular weight is 426 g/mol. The number of halogens is 1. The van der Waals surface area contributed by atoms with Crippen molar-refractivity contribution in [2.45, 2.75) is 25.6 Å². The molecule has 3 aromatic rings. The molecule has 0 aromatic heterocycles. The van der Waals surface area contributed by atoms with E-state index in [1.54, 1.807) is 0 Å². The van der Waals surface area contributed by atoms with Crippen molar-refractivity contribution in [3.63, 3.8) is 0 Å². The van der Waals surface area contributed by atoms with Gasteiger partial charge in [0.25, 0.3) is 0 Å². The van der Waals surface area contributed by atoms with Gasteiger partial charge >= 0.3 is 5.97 Å². The van der Waals surface area contributed by atoms with Crippen LogP contribution in [-0.4, -0.2) is 22.0 Å². The Balaban J connectivity index is 0.00000261. The van der Waals surface area contributed by atoms with Crippen molar-refractivity contribution in [3.8, 4) is 0 Å². The van der Waals surface area contributed by atoms with E-state index in [4.69, 9.17) is 0 Å². The summed E-state index contributed by atoms with van der Waals surface area (Å²) in [5, 5.41) is 9.92. The fourth-order valence-electron chi connectivity index (χ4n) is 3.12. The molecule has 3 aromatic carbocycles. The fourth-order valence-corrected chi connectivity index (χ4v) is 3.12. The van der Waals surface area contributed by atoms with E-state index in [0.29, 0.717) is 19.5 Å². The van der Waals surface area contributed by atoms with Crippen LogP contribution in [0, 0.1) is 0 Å². The summed E-state index contributed by atoms with van der Waals surface area (Å²) in [4.78, 5) is 14.1. The first kappa shape index (κ1) is 20.9. The van der Waals surface area contributed by atoms with Crippen molar-refractivity contribution < 1.29 is 9.90 Å². The van der Waals surface area contributed by atoms with Gasteiger partial charge in [-0.1, -0.05) is 91.0 Å². The van der Waals surface area contributed by atoms with E-state index in [-0.39, 0.29) is 17.0 Å². The molecule has 4 heteroatoms. The van der Waals surface area contributed by atoms with Crippen molar-refractivity contribution in [1.82, 2.24) is 4.90 Å². The molecular weight excluding hydrogens is 402 g/mol. The van der Waals surface area contributed by atoms with Crippen LogP contribution in [0.2, 0.25) is 0 Å². The van der Waals surface area contributed by atoms with Crippen molar-refractivity contribution in [3.05, 3.63) is 108 Å². The molecule has 140 valence electrons. The molecule has 27 heavy (non-hydrogen) atoms. The van der Waals surface area contributed by atoms with Crippen LogP contribution >= 0.6 is 17.0 Å². The number of nitrogens with zero attached hydrogens (tertiary/aromatic N) is 1. The molecule has 0 saturated heterocycles. The molecular formula is C23H24BrNO2. The number of aliphatic carboxylic acids is 1. The Morgan fingerprint density at radius 3 is 1.44 bits per heavy atom. The first-order chi connectivity index (χ1) is 12.7. The summed E-state index contributed by atoms with van der Waals surface area (Å²) in [5.41, 5.74) is 3.26. The molecule has 1 N–H and O–H groups in total. The lowest BCUT2D eigenvalue weighted by molar-refractivity contribution is -0.143. The Bertz CT molecular complexity index is 768. The van der Waals surface area contributed by atoms with Crippen LogP contribution in [0.25, 0.3) is 0 Å². The third-order valence-corrected chi connectivity index (χ3v) is 4.45. The predicted octanol–water partition coefficient (Wildman–Crippen LogP) is 4.96. The molecule has 0 heterocycles. The molecule has 3 nitrogen and oxygen atoms in total. The minimum absolute atomic E-state index is 0. The van der Waals surface area contributed by atoms with E-state index < -0.39 is 12.0 Å². The topological polar surface area (TPSA) is 40.5 Å². The molecule has 0 bridgehead atoms. The normalized spacial score (nSPS) is 11.6. The molecule has 0 aliphatic carbocycles. The lowest BCUT2D eigenvalue weighted by Crippen LogP contribution is -2.42. The maximum atomic E-state index is 12.1. The number of hydrogen-bond acceptors (Lipinski definition) is 2. The zero-order chi connectivity index (χ0) is 18.2. The van der Waals surface area contributed by atoms with Gasteiger partial charge in [-0.15, -0.1) is 17.0 Å². The summed E-state index contributed by atoms with van der Waals surface area (Å²) in [7, 11) is 0. The van der Waals surface area contributed by atoms with Crippen molar-refractivity contribution in [2.75, 3.05) is 0 Å². The van der Waals surface area contributed by atoms with E-state index in [1.165, 1.54) is 0 Å². The van der Waals surface area contributed by atoms with Gasteiger partial charge in [0, 0.05) is 13.1 Å². The minimum atomic E-state index is -0.791. The highest BCUT2D eigenvalue weighted by atomic mass is 79.9. The third kappa shape index (κ3) is 6.35. The van der Waals surface area contributed by atoms with E-state index in [1.807, 2.05) is 95.9 Å². The number of benzene rings is 3. The van der Waals surface area contributed by atoms with Crippen LogP contribution in [0.15, 0.2) is 91.0 Å². The van der Waals surface area contributed by atoms with Crippen LogP contribution in [0.4, 0.5) is 0 Å². The van der Waals surface area contributed by atoms with Gasteiger partial charge in [0.15, 0.2) is 0 Å². The average Bonchev–Trinajstić information content (AvgIpc) is 2.68. The summed E-state index contributed by atoms with van der Waals surface area (Å²) in [6, 6.07) is 29.3. The Morgan fingerprint density at radius 2 is 1.07 bits per heavy atom. The molecule has 3 rings (SSSR count). The van der Waals surface area contributed by atoms with Gasteiger partial charge in [-0.2, -0.15) is 0 Å². The first-order valence-corrected chi connectivity index (χ1v) is 8.81. The quantitative estimate of drug-likeness (QED) is 0.554. The number of hydrogen-bond donors (Lipinski definition) is 1. The molecule has 0 unspecified atom stereocenters. The van der Waals surface area contributed by atoms with Crippen LogP contribution in [-0.2, 0) is 24.3 Å². The molecule has 0 spiro atoms. The zero-order valence-electron chi connectivity index (χ0n) is 15.1. The number of carbonyl (C=O) groups is 1. The predicted molar refractivity (Wildman–Crippen MR) is 114 cm³/mol. The van der Waals surface area contributed by atoms with E-state index in [0.717, 1.165) is 16.7 Å². The lowest BCUT2D eigenvalue weighted by Gasteiger charge is -2.29. The smallest absolute Gasteiger partial charge is 0.321 e. The van der Waals surface area contributed by atoms with Gasteiger partial charge < -0.3 is 5.11 Å².